The number of nitrogens with one attached hydrogen (secondary N) is 1. The highest BCUT2D eigenvalue weighted by molar-refractivity contribution is 7.07. The summed E-state index contributed by atoms with van der Waals surface area (Å²) < 4.78 is 38.4. The normalized spacial score (nSPS) is 17.0. The maximum absolute atomic E-state index is 12.8. The zero-order chi connectivity index (χ0) is 15.6. The maximum Gasteiger partial charge on any atom is 0.416 e. The van der Waals surface area contributed by atoms with Crippen LogP contribution in [0.3, 0.4) is 0 Å². The van der Waals surface area contributed by atoms with Crippen molar-refractivity contribution in [2.24, 2.45) is 0 Å². The summed E-state index contributed by atoms with van der Waals surface area (Å²) in [6.07, 6.45) is -4.28. The third-order valence-corrected chi connectivity index (χ3v) is 4.78. The minimum atomic E-state index is -4.28. The van der Waals surface area contributed by atoms with Crippen molar-refractivity contribution >= 4 is 17.0 Å². The van der Waals surface area contributed by atoms with E-state index in [-0.39, 0.29) is 0 Å². The van der Waals surface area contributed by atoms with Gasteiger partial charge < -0.3 is 9.80 Å². The second kappa shape index (κ2) is 6.30. The van der Waals surface area contributed by atoms with Gasteiger partial charge in [0.2, 0.25) is 0 Å². The molecular formula is C16H18F3N2S+. The largest absolute Gasteiger partial charge is 0.416 e. The fraction of sp³-hybridized carbons (Fsp3) is 0.375. The first kappa shape index (κ1) is 15.4. The van der Waals surface area contributed by atoms with Crippen molar-refractivity contribution in [2.45, 2.75) is 12.7 Å². The summed E-state index contributed by atoms with van der Waals surface area (Å²) in [7, 11) is 0. The molecule has 0 saturated carbocycles. The van der Waals surface area contributed by atoms with Gasteiger partial charge in [0.15, 0.2) is 0 Å². The lowest BCUT2D eigenvalue weighted by atomic mass is 10.1. The lowest BCUT2D eigenvalue weighted by molar-refractivity contribution is -0.914. The number of thiophene rings is 1. The van der Waals surface area contributed by atoms with Crippen molar-refractivity contribution in [3.63, 3.8) is 0 Å². The highest BCUT2D eigenvalue weighted by atomic mass is 32.1. The van der Waals surface area contributed by atoms with Gasteiger partial charge >= 0.3 is 6.18 Å². The van der Waals surface area contributed by atoms with Crippen LogP contribution in [-0.4, -0.2) is 26.2 Å². The Bertz CT molecular complexity index is 602. The van der Waals surface area contributed by atoms with Crippen molar-refractivity contribution in [1.82, 2.24) is 0 Å². The standard InChI is InChI=1S/C16H17F3N2S/c17-16(18,19)14-2-1-3-15(10-14)21-7-5-20(6-8-21)11-13-4-9-22-12-13/h1-4,9-10,12H,5-8,11H2/p+1. The number of alkyl halides is 3. The zero-order valence-corrected chi connectivity index (χ0v) is 12.9. The van der Waals surface area contributed by atoms with E-state index >= 15 is 0 Å². The summed E-state index contributed by atoms with van der Waals surface area (Å²) in [5.41, 5.74) is 1.44. The topological polar surface area (TPSA) is 7.68 Å². The monoisotopic (exact) mass is 327 g/mol. The molecule has 1 aromatic carbocycles. The van der Waals surface area contributed by atoms with Gasteiger partial charge in [0.1, 0.15) is 6.54 Å². The van der Waals surface area contributed by atoms with Crippen molar-refractivity contribution in [3.8, 4) is 0 Å². The minimum absolute atomic E-state index is 0.571. The lowest BCUT2D eigenvalue weighted by Crippen LogP contribution is -3.13. The molecule has 2 heterocycles. The number of hydrogen-bond donors (Lipinski definition) is 1. The first-order chi connectivity index (χ1) is 10.5. The first-order valence-electron chi connectivity index (χ1n) is 7.29. The molecule has 1 aliphatic rings. The smallest absolute Gasteiger partial charge is 0.360 e. The fourth-order valence-corrected chi connectivity index (χ4v) is 3.49. The molecule has 1 aromatic heterocycles. The van der Waals surface area contributed by atoms with Crippen LogP contribution in [0.5, 0.6) is 0 Å². The van der Waals surface area contributed by atoms with Gasteiger partial charge in [-0.2, -0.15) is 24.5 Å². The van der Waals surface area contributed by atoms with E-state index in [1.54, 1.807) is 17.4 Å². The van der Waals surface area contributed by atoms with Crippen molar-refractivity contribution in [2.75, 3.05) is 31.1 Å². The molecule has 3 rings (SSSR count). The molecule has 0 bridgehead atoms. The van der Waals surface area contributed by atoms with Crippen LogP contribution in [0.25, 0.3) is 0 Å². The Morgan fingerprint density at radius 3 is 2.55 bits per heavy atom. The average Bonchev–Trinajstić information content (AvgIpc) is 3.00. The molecule has 0 spiro atoms. The quantitative estimate of drug-likeness (QED) is 0.911. The molecule has 1 aliphatic heterocycles. The van der Waals surface area contributed by atoms with E-state index in [9.17, 15) is 13.2 Å². The number of rotatable bonds is 3. The van der Waals surface area contributed by atoms with Crippen LogP contribution >= 0.6 is 11.3 Å². The SMILES string of the molecule is FC(F)(F)c1cccc(N2CC[NH+](Cc3ccsc3)CC2)c1. The zero-order valence-electron chi connectivity index (χ0n) is 12.1. The van der Waals surface area contributed by atoms with Gasteiger partial charge in [-0.25, -0.2) is 0 Å². The molecule has 0 atom stereocenters. The second-order valence-corrected chi connectivity index (χ2v) is 6.37. The van der Waals surface area contributed by atoms with Gasteiger partial charge in [-0.05, 0) is 35.0 Å². The summed E-state index contributed by atoms with van der Waals surface area (Å²) in [6.45, 7) is 4.49. The number of halogens is 3. The highest BCUT2D eigenvalue weighted by Crippen LogP contribution is 2.31. The molecular weight excluding hydrogens is 309 g/mol. The molecule has 0 unspecified atom stereocenters. The van der Waals surface area contributed by atoms with E-state index < -0.39 is 11.7 Å². The van der Waals surface area contributed by atoms with Crippen LogP contribution in [-0.2, 0) is 12.7 Å². The summed E-state index contributed by atoms with van der Waals surface area (Å²) in [5, 5.41) is 4.24. The second-order valence-electron chi connectivity index (χ2n) is 5.59. The molecule has 6 heteroatoms. The number of anilines is 1. The van der Waals surface area contributed by atoms with E-state index in [1.807, 2.05) is 4.90 Å². The minimum Gasteiger partial charge on any atom is -0.360 e. The molecule has 0 aliphatic carbocycles. The predicted octanol–water partition coefficient (Wildman–Crippen LogP) is 2.67. The first-order valence-corrected chi connectivity index (χ1v) is 8.23. The third-order valence-electron chi connectivity index (χ3n) is 4.04. The molecule has 22 heavy (non-hydrogen) atoms. The van der Waals surface area contributed by atoms with Crippen molar-refractivity contribution in [1.29, 1.82) is 0 Å². The van der Waals surface area contributed by atoms with Gasteiger partial charge in [0.25, 0.3) is 0 Å². The van der Waals surface area contributed by atoms with E-state index in [0.717, 1.165) is 38.8 Å². The Kier molecular flexibility index (Phi) is 4.40. The van der Waals surface area contributed by atoms with Gasteiger partial charge in [-0.15, -0.1) is 0 Å². The van der Waals surface area contributed by atoms with Crippen molar-refractivity contribution < 1.29 is 18.1 Å². The van der Waals surface area contributed by atoms with Crippen LogP contribution in [0.2, 0.25) is 0 Å². The molecule has 1 N–H and O–H groups in total. The Hall–Kier alpha value is -1.53. The van der Waals surface area contributed by atoms with Crippen molar-refractivity contribution in [3.05, 3.63) is 52.2 Å². The van der Waals surface area contributed by atoms with E-state index in [4.69, 9.17) is 0 Å². The van der Waals surface area contributed by atoms with Crippen LogP contribution in [0, 0.1) is 0 Å². The molecule has 0 amide bonds. The maximum atomic E-state index is 12.8. The number of nitrogens with zero attached hydrogens (tertiary/aromatic N) is 1. The van der Waals surface area contributed by atoms with Gasteiger partial charge in [0.05, 0.1) is 31.7 Å². The summed E-state index contributed by atoms with van der Waals surface area (Å²) >= 11 is 1.70. The van der Waals surface area contributed by atoms with E-state index in [2.05, 4.69) is 16.8 Å². The molecule has 1 fully saturated rings. The number of quaternary nitrogens is 1. The highest BCUT2D eigenvalue weighted by Gasteiger charge is 2.31. The molecule has 2 nitrogen and oxygen atoms in total. The van der Waals surface area contributed by atoms with Gasteiger partial charge in [-0.3, -0.25) is 0 Å². The summed E-state index contributed by atoms with van der Waals surface area (Å²) in [6, 6.07) is 7.77. The van der Waals surface area contributed by atoms with Crippen LogP contribution < -0.4 is 9.80 Å². The summed E-state index contributed by atoms with van der Waals surface area (Å²) in [5.74, 6) is 0. The van der Waals surface area contributed by atoms with Gasteiger partial charge in [-0.1, -0.05) is 6.07 Å². The molecule has 118 valence electrons. The Morgan fingerprint density at radius 1 is 1.14 bits per heavy atom. The third kappa shape index (κ3) is 3.62. The predicted molar refractivity (Wildman–Crippen MR) is 82.4 cm³/mol. The fourth-order valence-electron chi connectivity index (χ4n) is 2.82. The van der Waals surface area contributed by atoms with Crippen LogP contribution in [0.4, 0.5) is 18.9 Å². The Labute approximate surface area is 131 Å². The number of benzene rings is 1. The lowest BCUT2D eigenvalue weighted by Gasteiger charge is -2.33. The average molecular weight is 327 g/mol. The Balaban J connectivity index is 1.61. The number of hydrogen-bond acceptors (Lipinski definition) is 2. The van der Waals surface area contributed by atoms with Gasteiger partial charge in [0, 0.05) is 11.3 Å². The number of piperazine rings is 1. The van der Waals surface area contributed by atoms with E-state index in [1.165, 1.54) is 22.6 Å². The van der Waals surface area contributed by atoms with Crippen LogP contribution in [0.15, 0.2) is 41.1 Å². The molecule has 2 aromatic rings. The van der Waals surface area contributed by atoms with E-state index in [0.29, 0.717) is 5.69 Å². The molecule has 0 radical (unpaired) electrons. The Morgan fingerprint density at radius 2 is 1.91 bits per heavy atom. The van der Waals surface area contributed by atoms with Crippen LogP contribution in [0.1, 0.15) is 11.1 Å². The molecule has 1 saturated heterocycles. The summed E-state index contributed by atoms with van der Waals surface area (Å²) in [4.78, 5) is 3.54.